The first-order valence-corrected chi connectivity index (χ1v) is 5.25. The number of hydrogen-bond donors (Lipinski definition) is 1. The van der Waals surface area contributed by atoms with Gasteiger partial charge in [-0.05, 0) is 30.2 Å². The standard InChI is InChI=1S/C11H15ClN2O2/c1-14(11(13)15)6-5-8-7-9(12)3-4-10(8)16-2/h3-4,7H,5-6H2,1-2H3,(H2,13,15). The first-order chi connectivity index (χ1) is 7.54. The van der Waals surface area contributed by atoms with Crippen molar-refractivity contribution in [3.63, 3.8) is 0 Å². The summed E-state index contributed by atoms with van der Waals surface area (Å²) in [6.07, 6.45) is 0.656. The van der Waals surface area contributed by atoms with Crippen LogP contribution < -0.4 is 10.5 Å². The summed E-state index contributed by atoms with van der Waals surface area (Å²) in [6, 6.07) is 4.96. The third-order valence-electron chi connectivity index (χ3n) is 2.34. The Bertz CT molecular complexity index is 382. The maximum Gasteiger partial charge on any atom is 0.314 e. The molecule has 0 saturated heterocycles. The number of methoxy groups -OCH3 is 1. The van der Waals surface area contributed by atoms with Gasteiger partial charge in [-0.2, -0.15) is 0 Å². The average molecular weight is 243 g/mol. The van der Waals surface area contributed by atoms with Crippen LogP contribution in [-0.4, -0.2) is 31.6 Å². The summed E-state index contributed by atoms with van der Waals surface area (Å²) < 4.78 is 5.20. The van der Waals surface area contributed by atoms with Crippen LogP contribution in [-0.2, 0) is 6.42 Å². The summed E-state index contributed by atoms with van der Waals surface area (Å²) in [7, 11) is 3.25. The van der Waals surface area contributed by atoms with E-state index in [9.17, 15) is 4.79 Å². The lowest BCUT2D eigenvalue weighted by molar-refractivity contribution is 0.219. The van der Waals surface area contributed by atoms with Crippen molar-refractivity contribution in [1.29, 1.82) is 0 Å². The van der Waals surface area contributed by atoms with Gasteiger partial charge < -0.3 is 15.4 Å². The lowest BCUT2D eigenvalue weighted by Gasteiger charge is -2.15. The smallest absolute Gasteiger partial charge is 0.314 e. The molecule has 0 aliphatic carbocycles. The van der Waals surface area contributed by atoms with Gasteiger partial charge in [0.25, 0.3) is 0 Å². The summed E-state index contributed by atoms with van der Waals surface area (Å²) in [5.74, 6) is 0.766. The molecule has 5 heteroatoms. The van der Waals surface area contributed by atoms with Gasteiger partial charge in [-0.15, -0.1) is 0 Å². The number of rotatable bonds is 4. The largest absolute Gasteiger partial charge is 0.496 e. The molecule has 1 aromatic carbocycles. The molecule has 2 amide bonds. The van der Waals surface area contributed by atoms with E-state index in [0.717, 1.165) is 11.3 Å². The van der Waals surface area contributed by atoms with Gasteiger partial charge in [-0.25, -0.2) is 4.79 Å². The van der Waals surface area contributed by atoms with Crippen LogP contribution >= 0.6 is 11.6 Å². The van der Waals surface area contributed by atoms with Crippen LogP contribution in [0.2, 0.25) is 5.02 Å². The molecule has 0 saturated carbocycles. The van der Waals surface area contributed by atoms with Crippen molar-refractivity contribution in [2.45, 2.75) is 6.42 Å². The van der Waals surface area contributed by atoms with Crippen molar-refractivity contribution in [3.8, 4) is 5.75 Å². The van der Waals surface area contributed by atoms with Crippen molar-refractivity contribution < 1.29 is 9.53 Å². The normalized spacial score (nSPS) is 9.94. The maximum atomic E-state index is 10.8. The molecule has 0 bridgehead atoms. The van der Waals surface area contributed by atoms with Gasteiger partial charge in [-0.1, -0.05) is 11.6 Å². The monoisotopic (exact) mass is 242 g/mol. The molecule has 2 N–H and O–H groups in total. The summed E-state index contributed by atoms with van der Waals surface area (Å²) >= 11 is 5.89. The fourth-order valence-electron chi connectivity index (χ4n) is 1.34. The lowest BCUT2D eigenvalue weighted by atomic mass is 10.1. The number of nitrogens with two attached hydrogens (primary N) is 1. The van der Waals surface area contributed by atoms with E-state index in [0.29, 0.717) is 18.0 Å². The predicted molar refractivity (Wildman–Crippen MR) is 63.9 cm³/mol. The molecule has 0 aromatic heterocycles. The van der Waals surface area contributed by atoms with Crippen LogP contribution in [0.5, 0.6) is 5.75 Å². The van der Waals surface area contributed by atoms with E-state index in [1.807, 2.05) is 12.1 Å². The SMILES string of the molecule is COc1ccc(Cl)cc1CCN(C)C(N)=O. The van der Waals surface area contributed by atoms with Crippen LogP contribution in [0, 0.1) is 0 Å². The Balaban J connectivity index is 2.72. The fourth-order valence-corrected chi connectivity index (χ4v) is 1.54. The Morgan fingerprint density at radius 1 is 1.56 bits per heavy atom. The Labute approximate surface area is 99.9 Å². The van der Waals surface area contributed by atoms with Crippen molar-refractivity contribution in [3.05, 3.63) is 28.8 Å². The number of primary amides is 1. The second kappa shape index (κ2) is 5.61. The number of amides is 2. The summed E-state index contributed by atoms with van der Waals surface area (Å²) in [4.78, 5) is 12.3. The molecule has 16 heavy (non-hydrogen) atoms. The molecule has 0 radical (unpaired) electrons. The molecule has 1 rings (SSSR count). The minimum atomic E-state index is -0.444. The number of nitrogens with zero attached hydrogens (tertiary/aromatic N) is 1. The Hall–Kier alpha value is -1.42. The number of likely N-dealkylation sites (N-methyl/N-ethyl adjacent to an activating group) is 1. The van der Waals surface area contributed by atoms with E-state index in [2.05, 4.69) is 0 Å². The molecule has 0 spiro atoms. The van der Waals surface area contributed by atoms with Crippen LogP contribution in [0.15, 0.2) is 18.2 Å². The summed E-state index contributed by atoms with van der Waals surface area (Å²) in [6.45, 7) is 0.534. The molecule has 88 valence electrons. The van der Waals surface area contributed by atoms with E-state index in [1.54, 1.807) is 20.2 Å². The van der Waals surface area contributed by atoms with Gasteiger partial charge in [0.1, 0.15) is 5.75 Å². The topological polar surface area (TPSA) is 55.6 Å². The Morgan fingerprint density at radius 2 is 2.25 bits per heavy atom. The first kappa shape index (κ1) is 12.6. The van der Waals surface area contributed by atoms with Crippen molar-refractivity contribution in [1.82, 2.24) is 4.90 Å². The van der Waals surface area contributed by atoms with Gasteiger partial charge in [0, 0.05) is 18.6 Å². The maximum absolute atomic E-state index is 10.8. The zero-order chi connectivity index (χ0) is 12.1. The van der Waals surface area contributed by atoms with Gasteiger partial charge in [0.2, 0.25) is 0 Å². The third-order valence-corrected chi connectivity index (χ3v) is 2.57. The minimum absolute atomic E-state index is 0.444. The molecule has 0 fully saturated rings. The molecule has 1 aromatic rings. The number of carbonyl (C=O) groups is 1. The first-order valence-electron chi connectivity index (χ1n) is 4.87. The number of halogens is 1. The van der Waals surface area contributed by atoms with Crippen LogP contribution in [0.1, 0.15) is 5.56 Å². The van der Waals surface area contributed by atoms with Crippen LogP contribution in [0.25, 0.3) is 0 Å². The van der Waals surface area contributed by atoms with Gasteiger partial charge in [-0.3, -0.25) is 0 Å². The van der Waals surface area contributed by atoms with Crippen molar-refractivity contribution in [2.24, 2.45) is 5.73 Å². The molecular formula is C11H15ClN2O2. The van der Waals surface area contributed by atoms with Crippen molar-refractivity contribution in [2.75, 3.05) is 20.7 Å². The van der Waals surface area contributed by atoms with Crippen LogP contribution in [0.3, 0.4) is 0 Å². The number of ether oxygens (including phenoxy) is 1. The molecule has 0 unspecified atom stereocenters. The van der Waals surface area contributed by atoms with E-state index in [4.69, 9.17) is 22.1 Å². The minimum Gasteiger partial charge on any atom is -0.496 e. The average Bonchev–Trinajstić information content (AvgIpc) is 2.25. The second-order valence-electron chi connectivity index (χ2n) is 3.47. The zero-order valence-corrected chi connectivity index (χ0v) is 10.1. The molecular weight excluding hydrogens is 228 g/mol. The van der Waals surface area contributed by atoms with Gasteiger partial charge in [0.05, 0.1) is 7.11 Å². The van der Waals surface area contributed by atoms with Gasteiger partial charge >= 0.3 is 6.03 Å². The third kappa shape index (κ3) is 3.31. The summed E-state index contributed by atoms with van der Waals surface area (Å²) in [5, 5.41) is 0.650. The van der Waals surface area contributed by atoms with E-state index >= 15 is 0 Å². The highest BCUT2D eigenvalue weighted by Crippen LogP contribution is 2.23. The second-order valence-corrected chi connectivity index (χ2v) is 3.90. The van der Waals surface area contributed by atoms with Crippen LogP contribution in [0.4, 0.5) is 4.79 Å². The van der Waals surface area contributed by atoms with E-state index < -0.39 is 6.03 Å². The predicted octanol–water partition coefficient (Wildman–Crippen LogP) is 1.90. The number of hydrogen-bond acceptors (Lipinski definition) is 2. The Morgan fingerprint density at radius 3 is 2.81 bits per heavy atom. The van der Waals surface area contributed by atoms with E-state index in [1.165, 1.54) is 4.90 Å². The van der Waals surface area contributed by atoms with Crippen molar-refractivity contribution >= 4 is 17.6 Å². The highest BCUT2D eigenvalue weighted by molar-refractivity contribution is 6.30. The fraction of sp³-hybridized carbons (Fsp3) is 0.364. The molecule has 0 atom stereocenters. The van der Waals surface area contributed by atoms with E-state index in [-0.39, 0.29) is 0 Å². The number of carbonyl (C=O) groups excluding carboxylic acids is 1. The lowest BCUT2D eigenvalue weighted by Crippen LogP contribution is -2.33. The molecule has 4 nitrogen and oxygen atoms in total. The number of urea groups is 1. The molecule has 0 heterocycles. The zero-order valence-electron chi connectivity index (χ0n) is 9.37. The van der Waals surface area contributed by atoms with Gasteiger partial charge in [0.15, 0.2) is 0 Å². The quantitative estimate of drug-likeness (QED) is 0.877. The summed E-state index contributed by atoms with van der Waals surface area (Å²) in [5.41, 5.74) is 6.09. The molecule has 0 aliphatic heterocycles. The Kier molecular flexibility index (Phi) is 4.43. The highest BCUT2D eigenvalue weighted by Gasteiger charge is 2.07. The highest BCUT2D eigenvalue weighted by atomic mass is 35.5. The molecule has 0 aliphatic rings. The number of benzene rings is 1.